The molecule has 0 saturated carbocycles. The molecule has 0 bridgehead atoms. The molecule has 1 amide bonds. The number of benzene rings is 2. The standard InChI is InChI=1S/C22H27N3O4/c1-27-19-5-2-17(3-6-19)14-24-8-10-25(11-9-24)15-22(26)23-13-18-4-7-20-21(12-18)29-16-28-20/h2-7,12H,8-11,13-16H2,1H3,(H,23,26)/p+2. The Morgan fingerprint density at radius 1 is 0.966 bits per heavy atom. The summed E-state index contributed by atoms with van der Waals surface area (Å²) in [5.74, 6) is 2.50. The Bertz CT molecular complexity index is 832. The molecule has 2 aliphatic heterocycles. The second-order valence-corrected chi connectivity index (χ2v) is 7.67. The number of fused-ring (bicyclic) bond motifs is 1. The van der Waals surface area contributed by atoms with Crippen molar-refractivity contribution in [2.75, 3.05) is 46.6 Å². The minimum atomic E-state index is 0.0938. The van der Waals surface area contributed by atoms with Gasteiger partial charge in [-0.3, -0.25) is 4.79 Å². The number of quaternary nitrogens is 2. The number of carbonyl (C=O) groups excluding carboxylic acids is 1. The van der Waals surface area contributed by atoms with Crippen molar-refractivity contribution in [3.05, 3.63) is 53.6 Å². The highest BCUT2D eigenvalue weighted by Crippen LogP contribution is 2.32. The van der Waals surface area contributed by atoms with Gasteiger partial charge in [0.1, 0.15) is 38.5 Å². The second kappa shape index (κ2) is 9.15. The molecule has 3 N–H and O–H groups in total. The Kier molecular flexibility index (Phi) is 6.17. The van der Waals surface area contributed by atoms with Crippen LogP contribution in [0.15, 0.2) is 42.5 Å². The van der Waals surface area contributed by atoms with Gasteiger partial charge in [-0.2, -0.15) is 0 Å². The van der Waals surface area contributed by atoms with Crippen LogP contribution in [-0.2, 0) is 17.9 Å². The Morgan fingerprint density at radius 3 is 2.41 bits per heavy atom. The third-order valence-electron chi connectivity index (χ3n) is 5.61. The first-order valence-electron chi connectivity index (χ1n) is 10.1. The van der Waals surface area contributed by atoms with E-state index in [1.54, 1.807) is 12.0 Å². The first-order valence-corrected chi connectivity index (χ1v) is 10.1. The summed E-state index contributed by atoms with van der Waals surface area (Å²) >= 11 is 0. The lowest BCUT2D eigenvalue weighted by Crippen LogP contribution is -3.28. The van der Waals surface area contributed by atoms with E-state index < -0.39 is 0 Å². The van der Waals surface area contributed by atoms with Crippen LogP contribution in [0, 0.1) is 0 Å². The zero-order chi connectivity index (χ0) is 20.1. The average Bonchev–Trinajstić information content (AvgIpc) is 3.22. The van der Waals surface area contributed by atoms with E-state index in [0.717, 1.165) is 55.5 Å². The summed E-state index contributed by atoms with van der Waals surface area (Å²) < 4.78 is 15.9. The number of rotatable bonds is 7. The van der Waals surface area contributed by atoms with E-state index in [1.165, 1.54) is 10.5 Å². The van der Waals surface area contributed by atoms with Crippen molar-refractivity contribution >= 4 is 5.91 Å². The fourth-order valence-corrected chi connectivity index (χ4v) is 3.88. The van der Waals surface area contributed by atoms with Crippen LogP contribution in [0.5, 0.6) is 17.2 Å². The molecule has 0 unspecified atom stereocenters. The predicted octanol–water partition coefficient (Wildman–Crippen LogP) is -0.976. The first kappa shape index (κ1) is 19.5. The van der Waals surface area contributed by atoms with E-state index in [0.29, 0.717) is 13.1 Å². The first-order chi connectivity index (χ1) is 14.2. The summed E-state index contributed by atoms with van der Waals surface area (Å²) in [7, 11) is 1.69. The predicted molar refractivity (Wildman–Crippen MR) is 107 cm³/mol. The van der Waals surface area contributed by atoms with Crippen molar-refractivity contribution in [2.24, 2.45) is 0 Å². The summed E-state index contributed by atoms with van der Waals surface area (Å²) in [4.78, 5) is 15.3. The molecular weight excluding hydrogens is 370 g/mol. The summed E-state index contributed by atoms with van der Waals surface area (Å²) in [5, 5.41) is 3.02. The zero-order valence-corrected chi connectivity index (χ0v) is 16.8. The molecule has 0 aliphatic carbocycles. The fraction of sp³-hybridized carbons (Fsp3) is 0.409. The van der Waals surface area contributed by atoms with Gasteiger partial charge in [0.15, 0.2) is 18.0 Å². The SMILES string of the molecule is COc1ccc(C[NH+]2CC[NH+](CC(=O)NCc3ccc4c(c3)OCO4)CC2)cc1. The molecule has 7 heteroatoms. The smallest absolute Gasteiger partial charge is 0.275 e. The molecule has 2 aromatic carbocycles. The highest BCUT2D eigenvalue weighted by Gasteiger charge is 2.25. The number of amides is 1. The van der Waals surface area contributed by atoms with Crippen molar-refractivity contribution in [3.8, 4) is 17.2 Å². The Balaban J connectivity index is 1.17. The summed E-state index contributed by atoms with van der Waals surface area (Å²) in [6.07, 6.45) is 0. The van der Waals surface area contributed by atoms with Crippen LogP contribution in [0.4, 0.5) is 0 Å². The zero-order valence-electron chi connectivity index (χ0n) is 16.8. The maximum Gasteiger partial charge on any atom is 0.275 e. The van der Waals surface area contributed by atoms with Gasteiger partial charge in [-0.05, 0) is 42.0 Å². The average molecular weight is 399 g/mol. The molecular formula is C22H29N3O4+2. The van der Waals surface area contributed by atoms with Crippen molar-refractivity contribution in [2.45, 2.75) is 13.1 Å². The minimum Gasteiger partial charge on any atom is -0.497 e. The van der Waals surface area contributed by atoms with Crippen LogP contribution < -0.4 is 29.3 Å². The fourth-order valence-electron chi connectivity index (χ4n) is 3.88. The van der Waals surface area contributed by atoms with E-state index in [-0.39, 0.29) is 12.7 Å². The Labute approximate surface area is 171 Å². The lowest BCUT2D eigenvalue weighted by molar-refractivity contribution is -1.02. The van der Waals surface area contributed by atoms with E-state index in [9.17, 15) is 4.79 Å². The third-order valence-corrected chi connectivity index (χ3v) is 5.61. The normalized spacial score (nSPS) is 20.3. The van der Waals surface area contributed by atoms with Crippen LogP contribution in [0.25, 0.3) is 0 Å². The Morgan fingerprint density at radius 2 is 1.66 bits per heavy atom. The van der Waals surface area contributed by atoms with Gasteiger partial charge in [-0.1, -0.05) is 6.07 Å². The molecule has 29 heavy (non-hydrogen) atoms. The lowest BCUT2D eigenvalue weighted by atomic mass is 10.2. The van der Waals surface area contributed by atoms with E-state index in [4.69, 9.17) is 14.2 Å². The van der Waals surface area contributed by atoms with E-state index >= 15 is 0 Å². The minimum absolute atomic E-state index is 0.0938. The van der Waals surface area contributed by atoms with E-state index in [2.05, 4.69) is 17.4 Å². The molecule has 7 nitrogen and oxygen atoms in total. The number of hydrogen-bond acceptors (Lipinski definition) is 4. The van der Waals surface area contributed by atoms with Gasteiger partial charge in [0, 0.05) is 12.1 Å². The highest BCUT2D eigenvalue weighted by molar-refractivity contribution is 5.76. The highest BCUT2D eigenvalue weighted by atomic mass is 16.7. The monoisotopic (exact) mass is 399 g/mol. The van der Waals surface area contributed by atoms with Gasteiger partial charge < -0.3 is 29.3 Å². The summed E-state index contributed by atoms with van der Waals surface area (Å²) in [5.41, 5.74) is 2.34. The molecule has 0 aromatic heterocycles. The molecule has 0 atom stereocenters. The molecule has 4 rings (SSSR count). The van der Waals surface area contributed by atoms with Crippen LogP contribution in [0.1, 0.15) is 11.1 Å². The number of methoxy groups -OCH3 is 1. The third kappa shape index (κ3) is 5.19. The molecule has 0 spiro atoms. The van der Waals surface area contributed by atoms with Gasteiger partial charge in [0.2, 0.25) is 6.79 Å². The van der Waals surface area contributed by atoms with Gasteiger partial charge in [-0.25, -0.2) is 0 Å². The second-order valence-electron chi connectivity index (χ2n) is 7.67. The molecule has 2 aliphatic rings. The number of piperazine rings is 1. The van der Waals surface area contributed by atoms with Crippen molar-refractivity contribution in [1.82, 2.24) is 5.32 Å². The lowest BCUT2D eigenvalue weighted by Gasteiger charge is -2.29. The number of carbonyl (C=O) groups is 1. The maximum atomic E-state index is 12.3. The Hall–Kier alpha value is -2.77. The van der Waals surface area contributed by atoms with Crippen LogP contribution >= 0.6 is 0 Å². The van der Waals surface area contributed by atoms with Crippen molar-refractivity contribution < 1.29 is 28.8 Å². The molecule has 0 radical (unpaired) electrons. The topological polar surface area (TPSA) is 65.7 Å². The molecule has 2 heterocycles. The summed E-state index contributed by atoms with van der Waals surface area (Å²) in [6, 6.07) is 14.1. The van der Waals surface area contributed by atoms with Gasteiger partial charge in [0.05, 0.1) is 7.11 Å². The maximum absolute atomic E-state index is 12.3. The van der Waals surface area contributed by atoms with Gasteiger partial charge in [-0.15, -0.1) is 0 Å². The summed E-state index contributed by atoms with van der Waals surface area (Å²) in [6.45, 7) is 6.52. The van der Waals surface area contributed by atoms with E-state index in [1.807, 2.05) is 30.3 Å². The van der Waals surface area contributed by atoms with Crippen LogP contribution in [0.2, 0.25) is 0 Å². The molecule has 2 aromatic rings. The van der Waals surface area contributed by atoms with Crippen molar-refractivity contribution in [1.29, 1.82) is 0 Å². The van der Waals surface area contributed by atoms with Gasteiger partial charge in [0.25, 0.3) is 5.91 Å². The number of hydrogen-bond donors (Lipinski definition) is 3. The van der Waals surface area contributed by atoms with Crippen LogP contribution in [-0.4, -0.2) is 52.5 Å². The quantitative estimate of drug-likeness (QED) is 0.560. The number of ether oxygens (including phenoxy) is 3. The number of nitrogens with one attached hydrogen (secondary N) is 3. The molecule has 1 fully saturated rings. The molecule has 1 saturated heterocycles. The van der Waals surface area contributed by atoms with Crippen LogP contribution in [0.3, 0.4) is 0 Å². The largest absolute Gasteiger partial charge is 0.497 e. The van der Waals surface area contributed by atoms with Gasteiger partial charge >= 0.3 is 0 Å². The van der Waals surface area contributed by atoms with Crippen molar-refractivity contribution in [3.63, 3.8) is 0 Å². The molecule has 154 valence electrons.